The molecule has 0 radical (unpaired) electrons. The summed E-state index contributed by atoms with van der Waals surface area (Å²) in [6.45, 7) is 0.445. The maximum Gasteiger partial charge on any atom is 0.244 e. The van der Waals surface area contributed by atoms with Gasteiger partial charge in [-0.3, -0.25) is 4.79 Å². The number of benzene rings is 3. The highest BCUT2D eigenvalue weighted by molar-refractivity contribution is 9.10. The molecule has 0 spiro atoms. The summed E-state index contributed by atoms with van der Waals surface area (Å²) in [4.78, 5) is 11.9. The molecule has 3 aromatic rings. The third kappa shape index (κ3) is 6.51. The molecule has 0 aliphatic heterocycles. The van der Waals surface area contributed by atoms with Gasteiger partial charge in [0.2, 0.25) is 5.91 Å². The van der Waals surface area contributed by atoms with E-state index in [0.29, 0.717) is 11.6 Å². The summed E-state index contributed by atoms with van der Waals surface area (Å²) in [5.41, 5.74) is 5.33. The Morgan fingerprint density at radius 2 is 1.79 bits per heavy atom. The van der Waals surface area contributed by atoms with Gasteiger partial charge in [0, 0.05) is 9.50 Å². The van der Waals surface area contributed by atoms with Gasteiger partial charge >= 0.3 is 0 Å². The third-order valence-electron chi connectivity index (χ3n) is 3.86. The molecule has 1 amide bonds. The van der Waals surface area contributed by atoms with Crippen molar-refractivity contribution in [3.05, 3.63) is 99.0 Å². The number of hydrogen-bond acceptors (Lipinski definition) is 3. The molecular weight excluding hydrogens is 440 g/mol. The lowest BCUT2D eigenvalue weighted by Gasteiger charge is -2.06. The van der Waals surface area contributed by atoms with Gasteiger partial charge in [-0.25, -0.2) is 5.43 Å². The van der Waals surface area contributed by atoms with Crippen LogP contribution < -0.4 is 10.2 Å². The van der Waals surface area contributed by atoms with Crippen LogP contribution in [0.4, 0.5) is 0 Å². The number of carbonyl (C=O) groups excluding carboxylic acids is 1. The maximum absolute atomic E-state index is 11.9. The predicted molar refractivity (Wildman–Crippen MR) is 116 cm³/mol. The number of ether oxygens (including phenoxy) is 1. The minimum absolute atomic E-state index is 0.167. The molecule has 0 heterocycles. The van der Waals surface area contributed by atoms with Crippen molar-refractivity contribution in [1.29, 1.82) is 0 Å². The molecule has 3 rings (SSSR count). The molecule has 1 N–H and O–H groups in total. The molecule has 0 aliphatic carbocycles. The molecule has 142 valence electrons. The molecule has 0 saturated heterocycles. The van der Waals surface area contributed by atoms with E-state index in [4.69, 9.17) is 16.3 Å². The summed E-state index contributed by atoms with van der Waals surface area (Å²) in [5.74, 6) is 0.580. The van der Waals surface area contributed by atoms with E-state index in [1.54, 1.807) is 6.21 Å². The van der Waals surface area contributed by atoms with Crippen molar-refractivity contribution < 1.29 is 9.53 Å². The lowest BCUT2D eigenvalue weighted by molar-refractivity contribution is -0.120. The smallest absolute Gasteiger partial charge is 0.244 e. The monoisotopic (exact) mass is 456 g/mol. The molecule has 0 fully saturated rings. The Morgan fingerprint density at radius 3 is 2.50 bits per heavy atom. The lowest BCUT2D eigenvalue weighted by atomic mass is 10.1. The zero-order valence-electron chi connectivity index (χ0n) is 14.9. The van der Waals surface area contributed by atoms with E-state index in [9.17, 15) is 4.79 Å². The van der Waals surface area contributed by atoms with Gasteiger partial charge in [-0.05, 0) is 65.2 Å². The zero-order valence-corrected chi connectivity index (χ0v) is 17.3. The van der Waals surface area contributed by atoms with E-state index >= 15 is 0 Å². The molecule has 6 heteroatoms. The molecule has 0 aliphatic rings. The van der Waals surface area contributed by atoms with Gasteiger partial charge in [-0.1, -0.05) is 51.8 Å². The largest absolute Gasteiger partial charge is 0.489 e. The van der Waals surface area contributed by atoms with Gasteiger partial charge in [0.15, 0.2) is 0 Å². The number of amides is 1. The van der Waals surface area contributed by atoms with Crippen molar-refractivity contribution in [2.75, 3.05) is 0 Å². The maximum atomic E-state index is 11.9. The van der Waals surface area contributed by atoms with Crippen LogP contribution in [0.3, 0.4) is 0 Å². The second-order valence-corrected chi connectivity index (χ2v) is 7.44. The highest BCUT2D eigenvalue weighted by Crippen LogP contribution is 2.16. The Hall–Kier alpha value is -2.63. The molecular formula is C22H18BrClN2O2. The fourth-order valence-corrected chi connectivity index (χ4v) is 2.93. The van der Waals surface area contributed by atoms with Gasteiger partial charge < -0.3 is 4.74 Å². The molecule has 28 heavy (non-hydrogen) atoms. The van der Waals surface area contributed by atoms with Crippen LogP contribution in [0.25, 0.3) is 0 Å². The quantitative estimate of drug-likeness (QED) is 0.383. The number of hydrazone groups is 1. The molecule has 4 nitrogen and oxygen atoms in total. The van der Waals surface area contributed by atoms with Crippen LogP contribution in [-0.2, 0) is 17.8 Å². The van der Waals surface area contributed by atoms with E-state index < -0.39 is 0 Å². The van der Waals surface area contributed by atoms with E-state index in [2.05, 4.69) is 26.5 Å². The number of carbonyl (C=O) groups is 1. The molecule has 0 atom stereocenters. The molecule has 0 unspecified atom stereocenters. The van der Waals surface area contributed by atoms with Crippen molar-refractivity contribution in [2.24, 2.45) is 5.10 Å². The Bertz CT molecular complexity index is 957. The summed E-state index contributed by atoms with van der Waals surface area (Å²) in [5, 5.41) is 4.69. The first-order chi connectivity index (χ1) is 13.6. The normalized spacial score (nSPS) is 10.8. The van der Waals surface area contributed by atoms with E-state index in [1.165, 1.54) is 0 Å². The van der Waals surface area contributed by atoms with Crippen molar-refractivity contribution in [3.63, 3.8) is 0 Å². The second-order valence-electron chi connectivity index (χ2n) is 6.08. The van der Waals surface area contributed by atoms with Crippen molar-refractivity contribution in [3.8, 4) is 5.75 Å². The van der Waals surface area contributed by atoms with Crippen LogP contribution >= 0.6 is 27.5 Å². The zero-order chi connectivity index (χ0) is 19.8. The topological polar surface area (TPSA) is 50.7 Å². The first-order valence-electron chi connectivity index (χ1n) is 8.62. The predicted octanol–water partition coefficient (Wildman–Crippen LogP) is 5.37. The van der Waals surface area contributed by atoms with E-state index in [-0.39, 0.29) is 12.3 Å². The number of hydrogen-bond donors (Lipinski definition) is 1. The minimum atomic E-state index is -0.167. The van der Waals surface area contributed by atoms with Crippen LogP contribution in [0.5, 0.6) is 5.75 Å². The Balaban J connectivity index is 1.46. The number of nitrogens with zero attached hydrogens (tertiary/aromatic N) is 1. The Labute approximate surface area is 177 Å². The fraction of sp³-hybridized carbons (Fsp3) is 0.0909. The minimum Gasteiger partial charge on any atom is -0.489 e. The van der Waals surface area contributed by atoms with E-state index in [1.807, 2.05) is 72.8 Å². The first-order valence-corrected chi connectivity index (χ1v) is 9.79. The number of nitrogens with one attached hydrogen (secondary N) is 1. The van der Waals surface area contributed by atoms with Crippen molar-refractivity contribution in [1.82, 2.24) is 5.43 Å². The van der Waals surface area contributed by atoms with Crippen LogP contribution in [0.1, 0.15) is 16.7 Å². The van der Waals surface area contributed by atoms with Gasteiger partial charge in [0.25, 0.3) is 0 Å². The highest BCUT2D eigenvalue weighted by Gasteiger charge is 2.02. The number of halogens is 2. The molecule has 0 aromatic heterocycles. The van der Waals surface area contributed by atoms with Gasteiger partial charge in [-0.15, -0.1) is 0 Å². The molecule has 0 bridgehead atoms. The van der Waals surface area contributed by atoms with Gasteiger partial charge in [0.05, 0.1) is 12.6 Å². The van der Waals surface area contributed by atoms with E-state index in [0.717, 1.165) is 26.9 Å². The summed E-state index contributed by atoms with van der Waals surface area (Å²) in [6, 6.07) is 22.6. The SMILES string of the molecule is O=C(Cc1ccc(Br)cc1)N/N=C/c1ccc(OCc2cccc(Cl)c2)cc1. The van der Waals surface area contributed by atoms with Crippen LogP contribution in [0.2, 0.25) is 5.02 Å². The standard InChI is InChI=1S/C22H18BrClN2O2/c23-19-8-4-16(5-9-19)13-22(27)26-25-14-17-6-10-21(11-7-17)28-15-18-2-1-3-20(24)12-18/h1-12,14H,13,15H2,(H,26,27)/b25-14+. The second kappa shape index (κ2) is 10.1. The summed E-state index contributed by atoms with van der Waals surface area (Å²) in [7, 11) is 0. The molecule has 3 aromatic carbocycles. The Kier molecular flexibility index (Phi) is 7.23. The average molecular weight is 458 g/mol. The fourth-order valence-electron chi connectivity index (χ4n) is 2.45. The van der Waals surface area contributed by atoms with Gasteiger partial charge in [-0.2, -0.15) is 5.10 Å². The Morgan fingerprint density at radius 1 is 1.04 bits per heavy atom. The summed E-state index contributed by atoms with van der Waals surface area (Å²) >= 11 is 9.34. The first kappa shape index (κ1) is 20.1. The third-order valence-corrected chi connectivity index (χ3v) is 4.62. The van der Waals surface area contributed by atoms with Crippen molar-refractivity contribution in [2.45, 2.75) is 13.0 Å². The van der Waals surface area contributed by atoms with Crippen LogP contribution in [0, 0.1) is 0 Å². The summed E-state index contributed by atoms with van der Waals surface area (Å²) in [6.07, 6.45) is 1.88. The average Bonchev–Trinajstić information content (AvgIpc) is 2.69. The highest BCUT2D eigenvalue weighted by atomic mass is 79.9. The summed E-state index contributed by atoms with van der Waals surface area (Å²) < 4.78 is 6.72. The van der Waals surface area contributed by atoms with Crippen LogP contribution in [-0.4, -0.2) is 12.1 Å². The van der Waals surface area contributed by atoms with Gasteiger partial charge in [0.1, 0.15) is 12.4 Å². The van der Waals surface area contributed by atoms with Crippen molar-refractivity contribution >= 4 is 39.7 Å². The van der Waals surface area contributed by atoms with Crippen LogP contribution in [0.15, 0.2) is 82.4 Å². The number of rotatable bonds is 7. The lowest BCUT2D eigenvalue weighted by Crippen LogP contribution is -2.19. The molecule has 0 saturated carbocycles.